The first-order chi connectivity index (χ1) is 11.2. The fourth-order valence-electron chi connectivity index (χ4n) is 2.01. The van der Waals surface area contributed by atoms with E-state index in [1.165, 1.54) is 0 Å². The van der Waals surface area contributed by atoms with Crippen LogP contribution in [0.15, 0.2) is 48.5 Å². The zero-order chi connectivity index (χ0) is 16.5. The molecule has 0 saturated carbocycles. The first kappa shape index (κ1) is 17.2. The Balaban J connectivity index is 1.70. The summed E-state index contributed by atoms with van der Waals surface area (Å²) in [5.74, 6) is 1.45. The van der Waals surface area contributed by atoms with Gasteiger partial charge in [0, 0.05) is 23.2 Å². The average molecular weight is 334 g/mol. The average Bonchev–Trinajstić information content (AvgIpc) is 2.54. The van der Waals surface area contributed by atoms with Crippen LogP contribution in [0.2, 0.25) is 5.02 Å². The number of amides is 1. The molecule has 122 valence electrons. The minimum atomic E-state index is -0.0432. The molecule has 0 radical (unpaired) electrons. The molecule has 0 aromatic heterocycles. The number of rotatable bonds is 8. The number of carbonyl (C=O) groups is 1. The Labute approximate surface area is 141 Å². The summed E-state index contributed by atoms with van der Waals surface area (Å²) in [4.78, 5) is 11.9. The SMILES string of the molecule is CCOc1cccc(NC(=O)CCCOc2ccc(Cl)cc2)c1. The molecule has 0 fully saturated rings. The molecule has 2 aromatic rings. The van der Waals surface area contributed by atoms with Gasteiger partial charge in [0.25, 0.3) is 0 Å². The van der Waals surface area contributed by atoms with Gasteiger partial charge in [-0.05, 0) is 49.7 Å². The minimum Gasteiger partial charge on any atom is -0.494 e. The number of hydrogen-bond acceptors (Lipinski definition) is 3. The van der Waals surface area contributed by atoms with Gasteiger partial charge in [-0.1, -0.05) is 17.7 Å². The summed E-state index contributed by atoms with van der Waals surface area (Å²) in [6.07, 6.45) is 1.03. The Bertz CT molecular complexity index is 628. The van der Waals surface area contributed by atoms with E-state index in [9.17, 15) is 4.79 Å². The van der Waals surface area contributed by atoms with E-state index in [2.05, 4.69) is 5.32 Å². The highest BCUT2D eigenvalue weighted by atomic mass is 35.5. The number of nitrogens with one attached hydrogen (secondary N) is 1. The van der Waals surface area contributed by atoms with Crippen molar-refractivity contribution in [3.63, 3.8) is 0 Å². The van der Waals surface area contributed by atoms with E-state index in [1.54, 1.807) is 12.1 Å². The number of halogens is 1. The fourth-order valence-corrected chi connectivity index (χ4v) is 2.13. The lowest BCUT2D eigenvalue weighted by Gasteiger charge is -2.09. The predicted molar refractivity (Wildman–Crippen MR) is 92.4 cm³/mol. The number of benzene rings is 2. The van der Waals surface area contributed by atoms with E-state index in [0.29, 0.717) is 31.1 Å². The van der Waals surface area contributed by atoms with Crippen LogP contribution >= 0.6 is 11.6 Å². The van der Waals surface area contributed by atoms with Crippen molar-refractivity contribution in [2.45, 2.75) is 19.8 Å². The number of hydrogen-bond donors (Lipinski definition) is 1. The van der Waals surface area contributed by atoms with E-state index < -0.39 is 0 Å². The molecule has 0 bridgehead atoms. The van der Waals surface area contributed by atoms with Crippen molar-refractivity contribution in [3.05, 3.63) is 53.6 Å². The molecule has 5 heteroatoms. The number of carbonyl (C=O) groups excluding carboxylic acids is 1. The van der Waals surface area contributed by atoms with E-state index in [-0.39, 0.29) is 5.91 Å². The molecular weight excluding hydrogens is 314 g/mol. The van der Waals surface area contributed by atoms with Gasteiger partial charge in [-0.15, -0.1) is 0 Å². The second-order valence-electron chi connectivity index (χ2n) is 4.91. The lowest BCUT2D eigenvalue weighted by atomic mass is 10.2. The Kier molecular flexibility index (Phi) is 6.76. The molecule has 0 aliphatic rings. The lowest BCUT2D eigenvalue weighted by Crippen LogP contribution is -2.12. The molecule has 0 unspecified atom stereocenters. The van der Waals surface area contributed by atoms with Crippen molar-refractivity contribution in [3.8, 4) is 11.5 Å². The van der Waals surface area contributed by atoms with Gasteiger partial charge in [0.1, 0.15) is 11.5 Å². The zero-order valence-corrected chi connectivity index (χ0v) is 13.8. The van der Waals surface area contributed by atoms with Crippen LogP contribution in [0, 0.1) is 0 Å². The van der Waals surface area contributed by atoms with Crippen molar-refractivity contribution in [2.24, 2.45) is 0 Å². The molecule has 4 nitrogen and oxygen atoms in total. The molecule has 0 saturated heterocycles. The van der Waals surface area contributed by atoms with Gasteiger partial charge in [0.2, 0.25) is 5.91 Å². The van der Waals surface area contributed by atoms with E-state index in [0.717, 1.165) is 17.2 Å². The fraction of sp³-hybridized carbons (Fsp3) is 0.278. The van der Waals surface area contributed by atoms with Crippen LogP contribution in [0.4, 0.5) is 5.69 Å². The Morgan fingerprint density at radius 2 is 1.87 bits per heavy atom. The molecular formula is C18H20ClNO3. The summed E-state index contributed by atoms with van der Waals surface area (Å²) in [5, 5.41) is 3.53. The van der Waals surface area contributed by atoms with Crippen LogP contribution in [-0.4, -0.2) is 19.1 Å². The standard InChI is InChI=1S/C18H20ClNO3/c1-2-22-17-6-3-5-15(13-17)20-18(21)7-4-12-23-16-10-8-14(19)9-11-16/h3,5-6,8-11,13H,2,4,7,12H2,1H3,(H,20,21). The minimum absolute atomic E-state index is 0.0432. The van der Waals surface area contributed by atoms with Gasteiger partial charge in [0.05, 0.1) is 13.2 Å². The van der Waals surface area contributed by atoms with Crippen LogP contribution in [0.5, 0.6) is 11.5 Å². The van der Waals surface area contributed by atoms with Gasteiger partial charge < -0.3 is 14.8 Å². The first-order valence-corrected chi connectivity index (χ1v) is 7.96. The highest BCUT2D eigenvalue weighted by Crippen LogP contribution is 2.18. The smallest absolute Gasteiger partial charge is 0.224 e. The summed E-state index contributed by atoms with van der Waals surface area (Å²) in [6, 6.07) is 14.5. The summed E-state index contributed by atoms with van der Waals surface area (Å²) in [7, 11) is 0. The molecule has 0 spiro atoms. The summed E-state index contributed by atoms with van der Waals surface area (Å²) in [6.45, 7) is 3.00. The molecule has 0 heterocycles. The largest absolute Gasteiger partial charge is 0.494 e. The van der Waals surface area contributed by atoms with Gasteiger partial charge in [-0.2, -0.15) is 0 Å². The van der Waals surface area contributed by atoms with Gasteiger partial charge in [-0.25, -0.2) is 0 Å². The van der Waals surface area contributed by atoms with Crippen LogP contribution in [0.1, 0.15) is 19.8 Å². The Morgan fingerprint density at radius 1 is 1.09 bits per heavy atom. The van der Waals surface area contributed by atoms with Crippen LogP contribution < -0.4 is 14.8 Å². The van der Waals surface area contributed by atoms with Gasteiger partial charge in [-0.3, -0.25) is 4.79 Å². The Hall–Kier alpha value is -2.20. The molecule has 23 heavy (non-hydrogen) atoms. The highest BCUT2D eigenvalue weighted by Gasteiger charge is 2.04. The lowest BCUT2D eigenvalue weighted by molar-refractivity contribution is -0.116. The maximum Gasteiger partial charge on any atom is 0.224 e. The van der Waals surface area contributed by atoms with Crippen molar-refractivity contribution < 1.29 is 14.3 Å². The van der Waals surface area contributed by atoms with E-state index in [1.807, 2.05) is 43.3 Å². The van der Waals surface area contributed by atoms with Gasteiger partial charge >= 0.3 is 0 Å². The third-order valence-corrected chi connectivity index (χ3v) is 3.31. The third kappa shape index (κ3) is 6.20. The summed E-state index contributed by atoms with van der Waals surface area (Å²) in [5.41, 5.74) is 0.736. The van der Waals surface area contributed by atoms with Gasteiger partial charge in [0.15, 0.2) is 0 Å². The van der Waals surface area contributed by atoms with Crippen LogP contribution in [0.25, 0.3) is 0 Å². The number of ether oxygens (including phenoxy) is 2. The van der Waals surface area contributed by atoms with E-state index in [4.69, 9.17) is 21.1 Å². The monoisotopic (exact) mass is 333 g/mol. The van der Waals surface area contributed by atoms with Crippen LogP contribution in [0.3, 0.4) is 0 Å². The maximum atomic E-state index is 11.9. The zero-order valence-electron chi connectivity index (χ0n) is 13.0. The molecule has 0 atom stereocenters. The second kappa shape index (κ2) is 9.06. The highest BCUT2D eigenvalue weighted by molar-refractivity contribution is 6.30. The quantitative estimate of drug-likeness (QED) is 0.722. The second-order valence-corrected chi connectivity index (χ2v) is 5.35. The number of anilines is 1. The summed E-state index contributed by atoms with van der Waals surface area (Å²) < 4.78 is 11.0. The Morgan fingerprint density at radius 3 is 2.61 bits per heavy atom. The summed E-state index contributed by atoms with van der Waals surface area (Å²) >= 11 is 5.81. The first-order valence-electron chi connectivity index (χ1n) is 7.58. The third-order valence-electron chi connectivity index (χ3n) is 3.06. The van der Waals surface area contributed by atoms with E-state index >= 15 is 0 Å². The van der Waals surface area contributed by atoms with Crippen molar-refractivity contribution in [1.29, 1.82) is 0 Å². The normalized spacial score (nSPS) is 10.2. The molecule has 1 amide bonds. The van der Waals surface area contributed by atoms with Crippen molar-refractivity contribution in [1.82, 2.24) is 0 Å². The molecule has 2 rings (SSSR count). The molecule has 0 aliphatic heterocycles. The molecule has 0 aliphatic carbocycles. The molecule has 1 N–H and O–H groups in total. The van der Waals surface area contributed by atoms with Crippen molar-refractivity contribution >= 4 is 23.2 Å². The maximum absolute atomic E-state index is 11.9. The van der Waals surface area contributed by atoms with Crippen molar-refractivity contribution in [2.75, 3.05) is 18.5 Å². The molecule has 2 aromatic carbocycles. The topological polar surface area (TPSA) is 47.6 Å². The van der Waals surface area contributed by atoms with Crippen LogP contribution in [-0.2, 0) is 4.79 Å². The predicted octanol–water partition coefficient (Wildman–Crippen LogP) is 4.54.